The molecule has 7 heteroatoms. The minimum atomic E-state index is -3.37. The van der Waals surface area contributed by atoms with Crippen LogP contribution < -0.4 is 5.32 Å². The van der Waals surface area contributed by atoms with Crippen molar-refractivity contribution in [2.24, 2.45) is 17.8 Å². The zero-order valence-corrected chi connectivity index (χ0v) is 17.0. The lowest BCUT2D eigenvalue weighted by molar-refractivity contribution is -0.127. The number of amides is 1. The van der Waals surface area contributed by atoms with E-state index in [0.29, 0.717) is 42.9 Å². The van der Waals surface area contributed by atoms with Gasteiger partial charge in [-0.15, -0.1) is 0 Å². The number of rotatable bonds is 5. The molecule has 0 radical (unpaired) electrons. The average Bonchev–Trinajstić information content (AvgIpc) is 3.27. The molecule has 3 atom stereocenters. The van der Waals surface area contributed by atoms with Crippen LogP contribution in [-0.2, 0) is 20.6 Å². The van der Waals surface area contributed by atoms with E-state index in [1.165, 1.54) is 23.6 Å². The normalized spacial score (nSPS) is 29.1. The average molecular weight is 411 g/mol. The molecular formula is C20H27ClN2O3S. The van der Waals surface area contributed by atoms with E-state index in [1.54, 1.807) is 24.3 Å². The number of benzene rings is 1. The van der Waals surface area contributed by atoms with Gasteiger partial charge in [0.25, 0.3) is 0 Å². The van der Waals surface area contributed by atoms with E-state index in [1.807, 2.05) is 0 Å². The maximum Gasteiger partial charge on any atom is 0.223 e. The number of nitrogens with one attached hydrogen (secondary N) is 1. The molecule has 2 bridgehead atoms. The summed E-state index contributed by atoms with van der Waals surface area (Å²) >= 11 is 5.86. The van der Waals surface area contributed by atoms with Gasteiger partial charge in [0.05, 0.1) is 5.75 Å². The summed E-state index contributed by atoms with van der Waals surface area (Å²) in [5.74, 6) is 1.51. The molecule has 3 aliphatic rings. The van der Waals surface area contributed by atoms with E-state index >= 15 is 0 Å². The first kappa shape index (κ1) is 19.2. The van der Waals surface area contributed by atoms with E-state index in [0.717, 1.165) is 17.9 Å². The zero-order valence-electron chi connectivity index (χ0n) is 15.4. The minimum Gasteiger partial charge on any atom is -0.353 e. The van der Waals surface area contributed by atoms with Crippen LogP contribution in [-0.4, -0.2) is 37.8 Å². The third-order valence-corrected chi connectivity index (χ3v) is 8.65. The lowest BCUT2D eigenvalue weighted by Crippen LogP contribution is -2.46. The summed E-state index contributed by atoms with van der Waals surface area (Å²) in [5.41, 5.74) is 0.732. The summed E-state index contributed by atoms with van der Waals surface area (Å²) in [4.78, 5) is 12.6. The number of carbonyl (C=O) groups excluding carboxylic acids is 1. The van der Waals surface area contributed by atoms with Gasteiger partial charge in [-0.1, -0.05) is 30.2 Å². The van der Waals surface area contributed by atoms with Crippen LogP contribution in [0.2, 0.25) is 5.02 Å². The van der Waals surface area contributed by atoms with E-state index < -0.39 is 10.0 Å². The molecule has 2 saturated carbocycles. The smallest absolute Gasteiger partial charge is 0.223 e. The number of carbonyl (C=O) groups is 1. The van der Waals surface area contributed by atoms with Gasteiger partial charge in [-0.3, -0.25) is 4.79 Å². The van der Waals surface area contributed by atoms with Gasteiger partial charge in [0.1, 0.15) is 0 Å². The van der Waals surface area contributed by atoms with E-state index in [9.17, 15) is 13.2 Å². The van der Waals surface area contributed by atoms with Crippen molar-refractivity contribution < 1.29 is 13.2 Å². The Kier molecular flexibility index (Phi) is 5.50. The molecule has 0 aromatic heterocycles. The molecule has 0 unspecified atom stereocenters. The number of fused-ring (bicyclic) bond motifs is 2. The van der Waals surface area contributed by atoms with Crippen molar-refractivity contribution in [1.29, 1.82) is 0 Å². The lowest BCUT2D eigenvalue weighted by Gasteiger charge is -2.32. The van der Waals surface area contributed by atoms with Crippen LogP contribution in [0.5, 0.6) is 0 Å². The summed E-state index contributed by atoms with van der Waals surface area (Å²) in [6, 6.07) is 7.25. The van der Waals surface area contributed by atoms with Crippen LogP contribution in [0.4, 0.5) is 0 Å². The Morgan fingerprint density at radius 3 is 2.37 bits per heavy atom. The molecule has 3 fully saturated rings. The van der Waals surface area contributed by atoms with Gasteiger partial charge >= 0.3 is 0 Å². The monoisotopic (exact) mass is 410 g/mol. The van der Waals surface area contributed by atoms with E-state index in [4.69, 9.17) is 11.6 Å². The van der Waals surface area contributed by atoms with Gasteiger partial charge in [0, 0.05) is 30.1 Å². The number of hydrogen-bond donors (Lipinski definition) is 1. The van der Waals surface area contributed by atoms with Crippen LogP contribution in [0.15, 0.2) is 24.3 Å². The van der Waals surface area contributed by atoms with Crippen molar-refractivity contribution in [3.63, 3.8) is 0 Å². The zero-order chi connectivity index (χ0) is 19.0. The first-order chi connectivity index (χ1) is 12.9. The summed E-state index contributed by atoms with van der Waals surface area (Å²) in [6.07, 6.45) is 6.17. The van der Waals surface area contributed by atoms with E-state index in [-0.39, 0.29) is 17.6 Å². The molecule has 0 spiro atoms. The van der Waals surface area contributed by atoms with Crippen LogP contribution in [0.1, 0.15) is 44.1 Å². The predicted molar refractivity (Wildman–Crippen MR) is 106 cm³/mol. The summed E-state index contributed by atoms with van der Waals surface area (Å²) in [5, 5.41) is 3.86. The standard InChI is InChI=1S/C20H27ClN2O3S/c21-18-5-2-14(3-6-18)13-27(25,26)23-9-7-16(8-10-23)20(24)22-19-12-15-1-4-17(19)11-15/h2-3,5-6,15-17,19H,1,4,7-13H2,(H,22,24)/t15-,17-,19+/m1/s1. The maximum absolute atomic E-state index is 12.7. The fourth-order valence-electron chi connectivity index (χ4n) is 5.00. The van der Waals surface area contributed by atoms with Crippen LogP contribution >= 0.6 is 11.6 Å². The number of halogens is 1. The van der Waals surface area contributed by atoms with Gasteiger partial charge in [0.15, 0.2) is 0 Å². The molecule has 1 heterocycles. The highest BCUT2D eigenvalue weighted by Gasteiger charge is 2.41. The van der Waals surface area contributed by atoms with Crippen molar-refractivity contribution in [3.05, 3.63) is 34.9 Å². The Balaban J connectivity index is 1.29. The molecule has 1 aliphatic heterocycles. The first-order valence-corrected chi connectivity index (χ1v) is 11.9. The fraction of sp³-hybridized carbons (Fsp3) is 0.650. The SMILES string of the molecule is O=C(N[C@H]1C[C@@H]2CC[C@@H]1C2)C1CCN(S(=O)(=O)Cc2ccc(Cl)cc2)CC1. The highest BCUT2D eigenvalue weighted by atomic mass is 35.5. The Labute approximate surface area is 166 Å². The maximum atomic E-state index is 12.7. The van der Waals surface area contributed by atoms with Crippen molar-refractivity contribution in [2.45, 2.75) is 50.3 Å². The third-order valence-electron chi connectivity index (χ3n) is 6.55. The highest BCUT2D eigenvalue weighted by molar-refractivity contribution is 7.88. The van der Waals surface area contributed by atoms with Gasteiger partial charge in [0.2, 0.25) is 15.9 Å². The number of nitrogens with zero attached hydrogens (tertiary/aromatic N) is 1. The first-order valence-electron chi connectivity index (χ1n) is 9.93. The van der Waals surface area contributed by atoms with Gasteiger partial charge < -0.3 is 5.32 Å². The third kappa shape index (κ3) is 4.33. The summed E-state index contributed by atoms with van der Waals surface area (Å²) in [7, 11) is -3.37. The minimum absolute atomic E-state index is 0.0217. The molecular weight excluding hydrogens is 384 g/mol. The summed E-state index contributed by atoms with van der Waals surface area (Å²) in [6.45, 7) is 0.843. The Hall–Kier alpha value is -1.11. The van der Waals surface area contributed by atoms with Crippen molar-refractivity contribution in [1.82, 2.24) is 9.62 Å². The fourth-order valence-corrected chi connectivity index (χ4v) is 6.69. The molecule has 2 aliphatic carbocycles. The molecule has 1 aromatic rings. The van der Waals surface area contributed by atoms with Crippen LogP contribution in [0, 0.1) is 17.8 Å². The molecule has 148 valence electrons. The van der Waals surface area contributed by atoms with Gasteiger partial charge in [-0.2, -0.15) is 0 Å². The van der Waals surface area contributed by atoms with Gasteiger partial charge in [-0.05, 0) is 61.6 Å². The number of sulfonamides is 1. The Bertz CT molecular complexity index is 788. The number of hydrogen-bond acceptors (Lipinski definition) is 3. The molecule has 1 saturated heterocycles. The molecule has 1 amide bonds. The molecule has 27 heavy (non-hydrogen) atoms. The second-order valence-corrected chi connectivity index (χ2v) is 10.8. The second kappa shape index (κ2) is 7.72. The predicted octanol–water partition coefficient (Wildman–Crippen LogP) is 3.19. The quantitative estimate of drug-likeness (QED) is 0.810. The lowest BCUT2D eigenvalue weighted by atomic mass is 9.93. The largest absolute Gasteiger partial charge is 0.353 e. The second-order valence-electron chi connectivity index (χ2n) is 8.35. The molecule has 1 N–H and O–H groups in total. The van der Waals surface area contributed by atoms with Crippen molar-refractivity contribution >= 4 is 27.5 Å². The highest BCUT2D eigenvalue weighted by Crippen LogP contribution is 2.44. The number of piperidine rings is 1. The molecule has 1 aromatic carbocycles. The van der Waals surface area contributed by atoms with Crippen molar-refractivity contribution in [3.8, 4) is 0 Å². The van der Waals surface area contributed by atoms with E-state index in [2.05, 4.69) is 5.32 Å². The topological polar surface area (TPSA) is 66.5 Å². The van der Waals surface area contributed by atoms with Crippen LogP contribution in [0.3, 0.4) is 0 Å². The Morgan fingerprint density at radius 1 is 1.07 bits per heavy atom. The molecule has 5 nitrogen and oxygen atoms in total. The van der Waals surface area contributed by atoms with Crippen molar-refractivity contribution in [2.75, 3.05) is 13.1 Å². The van der Waals surface area contributed by atoms with Crippen LogP contribution in [0.25, 0.3) is 0 Å². The molecule has 4 rings (SSSR count). The summed E-state index contributed by atoms with van der Waals surface area (Å²) < 4.78 is 26.9. The van der Waals surface area contributed by atoms with Gasteiger partial charge in [-0.25, -0.2) is 12.7 Å². The Morgan fingerprint density at radius 2 is 1.78 bits per heavy atom.